The minimum absolute atomic E-state index is 0.0429. The molecular formula is C15H23N3O. The van der Waals surface area contributed by atoms with Crippen molar-refractivity contribution in [2.24, 2.45) is 17.1 Å². The van der Waals surface area contributed by atoms with Crippen LogP contribution in [0.15, 0.2) is 18.3 Å². The van der Waals surface area contributed by atoms with Crippen LogP contribution in [0.1, 0.15) is 45.7 Å². The summed E-state index contributed by atoms with van der Waals surface area (Å²) in [5.74, 6) is 1.25. The summed E-state index contributed by atoms with van der Waals surface area (Å²) in [6, 6.07) is 3.66. The summed E-state index contributed by atoms with van der Waals surface area (Å²) in [5.41, 5.74) is 6.29. The Morgan fingerprint density at radius 1 is 1.47 bits per heavy atom. The van der Waals surface area contributed by atoms with Crippen LogP contribution in [-0.4, -0.2) is 16.9 Å². The number of nitrogen functional groups attached to an aromatic ring is 1. The molecule has 2 unspecified atom stereocenters. The van der Waals surface area contributed by atoms with Gasteiger partial charge in [0.1, 0.15) is 17.3 Å². The minimum atomic E-state index is -0.0429. The molecule has 0 amide bonds. The Kier molecular flexibility index (Phi) is 3.78. The van der Waals surface area contributed by atoms with E-state index in [4.69, 9.17) is 15.9 Å². The first-order valence-corrected chi connectivity index (χ1v) is 6.83. The highest BCUT2D eigenvalue weighted by Crippen LogP contribution is 2.40. The lowest BCUT2D eigenvalue weighted by Crippen LogP contribution is -2.34. The molecule has 1 fully saturated rings. The molecule has 4 heteroatoms. The van der Waals surface area contributed by atoms with E-state index in [2.05, 4.69) is 25.8 Å². The summed E-state index contributed by atoms with van der Waals surface area (Å²) < 4.78 is 6.07. The summed E-state index contributed by atoms with van der Waals surface area (Å²) >= 11 is 0. The quantitative estimate of drug-likeness (QED) is 0.649. The number of nitrogens with one attached hydrogen (secondary N) is 1. The molecule has 1 aromatic heterocycles. The first kappa shape index (κ1) is 13.8. The molecule has 1 aliphatic rings. The van der Waals surface area contributed by atoms with Crippen LogP contribution in [0.5, 0.6) is 5.75 Å². The lowest BCUT2D eigenvalue weighted by Gasteiger charge is -2.38. The number of ether oxygens (including phenoxy) is 1. The van der Waals surface area contributed by atoms with Crippen LogP contribution in [0, 0.1) is 16.7 Å². The SMILES string of the molecule is CC1CC(Oc2cccnc2C(=N)N)CC(C)(C)C1. The Morgan fingerprint density at radius 2 is 2.21 bits per heavy atom. The fraction of sp³-hybridized carbons (Fsp3) is 0.600. The van der Waals surface area contributed by atoms with E-state index in [1.165, 1.54) is 6.42 Å². The number of nitrogens with zero attached hydrogens (tertiary/aromatic N) is 1. The van der Waals surface area contributed by atoms with Crippen LogP contribution < -0.4 is 10.5 Å². The molecule has 0 radical (unpaired) electrons. The number of nitrogens with two attached hydrogens (primary N) is 1. The molecule has 3 N–H and O–H groups in total. The van der Waals surface area contributed by atoms with Crippen molar-refractivity contribution in [1.29, 1.82) is 5.41 Å². The molecule has 4 nitrogen and oxygen atoms in total. The highest BCUT2D eigenvalue weighted by molar-refractivity contribution is 5.95. The van der Waals surface area contributed by atoms with Gasteiger partial charge < -0.3 is 10.5 Å². The van der Waals surface area contributed by atoms with Crippen LogP contribution >= 0.6 is 0 Å². The summed E-state index contributed by atoms with van der Waals surface area (Å²) in [7, 11) is 0. The second-order valence-electron chi connectivity index (χ2n) is 6.42. The summed E-state index contributed by atoms with van der Waals surface area (Å²) in [5, 5.41) is 7.55. The zero-order valence-corrected chi connectivity index (χ0v) is 11.9. The Bertz CT molecular complexity index is 470. The first-order valence-electron chi connectivity index (χ1n) is 6.83. The first-order chi connectivity index (χ1) is 8.87. The van der Waals surface area contributed by atoms with E-state index in [0.717, 1.165) is 12.8 Å². The summed E-state index contributed by atoms with van der Waals surface area (Å²) in [4.78, 5) is 4.12. The van der Waals surface area contributed by atoms with Crippen molar-refractivity contribution in [3.05, 3.63) is 24.0 Å². The number of hydrogen-bond donors (Lipinski definition) is 2. The number of rotatable bonds is 3. The van der Waals surface area contributed by atoms with E-state index in [1.54, 1.807) is 6.20 Å². The van der Waals surface area contributed by atoms with Gasteiger partial charge in [0, 0.05) is 6.20 Å². The van der Waals surface area contributed by atoms with Gasteiger partial charge in [-0.2, -0.15) is 0 Å². The maximum absolute atomic E-state index is 7.55. The van der Waals surface area contributed by atoms with Gasteiger partial charge in [-0.15, -0.1) is 0 Å². The Hall–Kier alpha value is -1.58. The van der Waals surface area contributed by atoms with Crippen LogP contribution in [0.25, 0.3) is 0 Å². The number of hydrogen-bond acceptors (Lipinski definition) is 3. The Labute approximate surface area is 114 Å². The average Bonchev–Trinajstić information content (AvgIpc) is 2.26. The van der Waals surface area contributed by atoms with Gasteiger partial charge in [0.05, 0.1) is 6.10 Å². The van der Waals surface area contributed by atoms with E-state index in [9.17, 15) is 0 Å². The lowest BCUT2D eigenvalue weighted by molar-refractivity contribution is 0.0559. The predicted octanol–water partition coefficient (Wildman–Crippen LogP) is 2.96. The van der Waals surface area contributed by atoms with Crippen LogP contribution in [-0.2, 0) is 0 Å². The fourth-order valence-electron chi connectivity index (χ4n) is 3.22. The van der Waals surface area contributed by atoms with Gasteiger partial charge in [-0.3, -0.25) is 5.41 Å². The molecule has 0 aromatic carbocycles. The Morgan fingerprint density at radius 3 is 2.84 bits per heavy atom. The van der Waals surface area contributed by atoms with Crippen molar-refractivity contribution in [1.82, 2.24) is 4.98 Å². The monoisotopic (exact) mass is 261 g/mol. The molecule has 0 spiro atoms. The molecule has 0 bridgehead atoms. The van der Waals surface area contributed by atoms with Crippen molar-refractivity contribution in [3.8, 4) is 5.75 Å². The number of pyridine rings is 1. The van der Waals surface area contributed by atoms with Crippen molar-refractivity contribution in [2.75, 3.05) is 0 Å². The summed E-state index contributed by atoms with van der Waals surface area (Å²) in [6.07, 6.45) is 5.14. The van der Waals surface area contributed by atoms with Crippen LogP contribution in [0.4, 0.5) is 0 Å². The maximum atomic E-state index is 7.55. The topological polar surface area (TPSA) is 72.0 Å². The van der Waals surface area contributed by atoms with Gasteiger partial charge >= 0.3 is 0 Å². The minimum Gasteiger partial charge on any atom is -0.488 e. The number of amidine groups is 1. The zero-order valence-electron chi connectivity index (χ0n) is 11.9. The summed E-state index contributed by atoms with van der Waals surface area (Å²) in [6.45, 7) is 6.84. The number of aromatic nitrogens is 1. The van der Waals surface area contributed by atoms with Gasteiger partial charge in [-0.25, -0.2) is 4.98 Å². The third-order valence-corrected chi connectivity index (χ3v) is 3.67. The molecule has 0 aliphatic heterocycles. The largest absolute Gasteiger partial charge is 0.488 e. The molecule has 19 heavy (non-hydrogen) atoms. The standard InChI is InChI=1S/C15H23N3O/c1-10-7-11(9-15(2,3)8-10)19-12-5-4-6-18-13(12)14(16)17/h4-6,10-11H,7-9H2,1-3H3,(H3,16,17). The smallest absolute Gasteiger partial charge is 0.149 e. The second-order valence-corrected chi connectivity index (χ2v) is 6.42. The third kappa shape index (κ3) is 3.46. The predicted molar refractivity (Wildman–Crippen MR) is 76.5 cm³/mol. The van der Waals surface area contributed by atoms with Crippen molar-refractivity contribution in [3.63, 3.8) is 0 Å². The molecule has 1 aromatic rings. The average molecular weight is 261 g/mol. The van der Waals surface area contributed by atoms with E-state index < -0.39 is 0 Å². The highest BCUT2D eigenvalue weighted by atomic mass is 16.5. The molecule has 1 aliphatic carbocycles. The molecular weight excluding hydrogens is 238 g/mol. The molecule has 2 atom stereocenters. The van der Waals surface area contributed by atoms with Gasteiger partial charge in [-0.1, -0.05) is 20.8 Å². The highest BCUT2D eigenvalue weighted by Gasteiger charge is 2.33. The Balaban J connectivity index is 2.15. The van der Waals surface area contributed by atoms with Crippen LogP contribution in [0.2, 0.25) is 0 Å². The normalized spacial score (nSPS) is 25.8. The van der Waals surface area contributed by atoms with Crippen molar-refractivity contribution >= 4 is 5.84 Å². The van der Waals surface area contributed by atoms with Gasteiger partial charge in [0.25, 0.3) is 0 Å². The second kappa shape index (κ2) is 5.19. The molecule has 2 rings (SSSR count). The van der Waals surface area contributed by atoms with Crippen LogP contribution in [0.3, 0.4) is 0 Å². The van der Waals surface area contributed by atoms with E-state index in [0.29, 0.717) is 22.8 Å². The molecule has 1 saturated carbocycles. The zero-order chi connectivity index (χ0) is 14.0. The maximum Gasteiger partial charge on any atom is 0.149 e. The molecule has 0 saturated heterocycles. The molecule has 1 heterocycles. The lowest BCUT2D eigenvalue weighted by atomic mass is 9.71. The van der Waals surface area contributed by atoms with Gasteiger partial charge in [0.15, 0.2) is 0 Å². The fourth-order valence-corrected chi connectivity index (χ4v) is 3.22. The third-order valence-electron chi connectivity index (χ3n) is 3.67. The van der Waals surface area contributed by atoms with E-state index >= 15 is 0 Å². The van der Waals surface area contributed by atoms with Gasteiger partial charge in [-0.05, 0) is 42.7 Å². The van der Waals surface area contributed by atoms with Gasteiger partial charge in [0.2, 0.25) is 0 Å². The van der Waals surface area contributed by atoms with Crippen molar-refractivity contribution in [2.45, 2.75) is 46.1 Å². The van der Waals surface area contributed by atoms with Crippen molar-refractivity contribution < 1.29 is 4.74 Å². The molecule has 104 valence electrons. The van der Waals surface area contributed by atoms with E-state index in [1.807, 2.05) is 12.1 Å². The van der Waals surface area contributed by atoms with E-state index in [-0.39, 0.29) is 11.9 Å².